The number of H-pyrrole nitrogens is 1. The van der Waals surface area contributed by atoms with Crippen LogP contribution in [0.1, 0.15) is 57.3 Å². The van der Waals surface area contributed by atoms with Crippen molar-refractivity contribution in [2.75, 3.05) is 6.54 Å². The molecule has 0 aromatic carbocycles. The van der Waals surface area contributed by atoms with Gasteiger partial charge in [-0.1, -0.05) is 20.3 Å². The standard InChI is InChI=1S/C17H28N4O2/c1-4-12(2)8-15(22)18-10-17(6-5-7-17)21-16(23)9-14-13(3)19-11-20-14/h11-12H,4-10H2,1-3H3,(H,18,22)(H,19,20)(H,21,23). The van der Waals surface area contributed by atoms with Crippen molar-refractivity contribution in [2.45, 2.75) is 64.8 Å². The van der Waals surface area contributed by atoms with Gasteiger partial charge in [0, 0.05) is 18.7 Å². The largest absolute Gasteiger partial charge is 0.354 e. The van der Waals surface area contributed by atoms with E-state index in [1.54, 1.807) is 6.33 Å². The van der Waals surface area contributed by atoms with Crippen molar-refractivity contribution in [2.24, 2.45) is 5.92 Å². The summed E-state index contributed by atoms with van der Waals surface area (Å²) in [4.78, 5) is 31.4. The highest BCUT2D eigenvalue weighted by atomic mass is 16.2. The fraction of sp³-hybridized carbons (Fsp3) is 0.706. The summed E-state index contributed by atoms with van der Waals surface area (Å²) in [6.45, 7) is 6.59. The fourth-order valence-electron chi connectivity index (χ4n) is 2.81. The van der Waals surface area contributed by atoms with Crippen molar-refractivity contribution in [3.05, 3.63) is 17.7 Å². The molecule has 0 aliphatic heterocycles. The molecule has 1 aromatic heterocycles. The van der Waals surface area contributed by atoms with E-state index in [4.69, 9.17) is 0 Å². The molecule has 1 heterocycles. The summed E-state index contributed by atoms with van der Waals surface area (Å²) in [7, 11) is 0. The predicted octanol–water partition coefficient (Wildman–Crippen LogP) is 1.85. The molecule has 0 saturated heterocycles. The molecule has 1 unspecified atom stereocenters. The molecule has 1 fully saturated rings. The molecule has 6 nitrogen and oxygen atoms in total. The quantitative estimate of drug-likeness (QED) is 0.683. The van der Waals surface area contributed by atoms with Crippen molar-refractivity contribution in [3.8, 4) is 0 Å². The number of nitrogens with one attached hydrogen (secondary N) is 3. The number of hydrogen-bond acceptors (Lipinski definition) is 3. The van der Waals surface area contributed by atoms with E-state index < -0.39 is 0 Å². The molecule has 1 aromatic rings. The molecule has 0 spiro atoms. The highest BCUT2D eigenvalue weighted by Gasteiger charge is 2.38. The lowest BCUT2D eigenvalue weighted by Gasteiger charge is -2.42. The molecule has 1 aliphatic rings. The maximum Gasteiger partial charge on any atom is 0.226 e. The molecular formula is C17H28N4O2. The number of amides is 2. The maximum absolute atomic E-state index is 12.3. The summed E-state index contributed by atoms with van der Waals surface area (Å²) in [6.07, 6.45) is 6.35. The van der Waals surface area contributed by atoms with Gasteiger partial charge in [-0.15, -0.1) is 0 Å². The first kappa shape index (κ1) is 17.5. The van der Waals surface area contributed by atoms with Crippen LogP contribution < -0.4 is 10.6 Å². The van der Waals surface area contributed by atoms with Gasteiger partial charge in [0.2, 0.25) is 11.8 Å². The van der Waals surface area contributed by atoms with Crippen LogP contribution in [0, 0.1) is 12.8 Å². The summed E-state index contributed by atoms with van der Waals surface area (Å²) in [5, 5.41) is 6.10. The SMILES string of the molecule is CCC(C)CC(=O)NCC1(NC(=O)Cc2nc[nH]c2C)CCC1. The Morgan fingerprint density at radius 3 is 2.65 bits per heavy atom. The van der Waals surface area contributed by atoms with Crippen LogP contribution in [0.25, 0.3) is 0 Å². The Hall–Kier alpha value is -1.85. The average Bonchev–Trinajstić information content (AvgIpc) is 2.86. The monoisotopic (exact) mass is 320 g/mol. The summed E-state index contributed by atoms with van der Waals surface area (Å²) >= 11 is 0. The van der Waals surface area contributed by atoms with Crippen LogP contribution in [0.15, 0.2) is 6.33 Å². The number of aromatic amines is 1. The Morgan fingerprint density at radius 2 is 2.13 bits per heavy atom. The zero-order valence-corrected chi connectivity index (χ0v) is 14.4. The Bertz CT molecular complexity index is 549. The maximum atomic E-state index is 12.3. The van der Waals surface area contributed by atoms with Gasteiger partial charge in [0.1, 0.15) is 0 Å². The number of nitrogens with zero attached hydrogens (tertiary/aromatic N) is 1. The molecule has 0 radical (unpaired) electrons. The number of hydrogen-bond donors (Lipinski definition) is 3. The molecular weight excluding hydrogens is 292 g/mol. The number of aromatic nitrogens is 2. The zero-order valence-electron chi connectivity index (χ0n) is 14.4. The van der Waals surface area contributed by atoms with Crippen LogP contribution in [0.5, 0.6) is 0 Å². The van der Waals surface area contributed by atoms with E-state index in [9.17, 15) is 9.59 Å². The molecule has 0 bridgehead atoms. The minimum absolute atomic E-state index is 0.0314. The first-order valence-corrected chi connectivity index (χ1v) is 8.50. The lowest BCUT2D eigenvalue weighted by atomic mass is 9.76. The Balaban J connectivity index is 1.82. The molecule has 2 rings (SSSR count). The van der Waals surface area contributed by atoms with E-state index in [2.05, 4.69) is 34.4 Å². The van der Waals surface area contributed by atoms with E-state index in [1.165, 1.54) is 0 Å². The highest BCUT2D eigenvalue weighted by Crippen LogP contribution is 2.31. The van der Waals surface area contributed by atoms with E-state index >= 15 is 0 Å². The minimum atomic E-state index is -0.271. The first-order valence-electron chi connectivity index (χ1n) is 8.50. The van der Waals surface area contributed by atoms with Crippen molar-refractivity contribution in [3.63, 3.8) is 0 Å². The summed E-state index contributed by atoms with van der Waals surface area (Å²) < 4.78 is 0. The topological polar surface area (TPSA) is 86.9 Å². The fourth-order valence-corrected chi connectivity index (χ4v) is 2.81. The van der Waals surface area contributed by atoms with Gasteiger partial charge in [-0.2, -0.15) is 0 Å². The third-order valence-corrected chi connectivity index (χ3v) is 4.83. The third kappa shape index (κ3) is 4.81. The van der Waals surface area contributed by atoms with Crippen LogP contribution in [-0.4, -0.2) is 33.9 Å². The second-order valence-corrected chi connectivity index (χ2v) is 6.83. The van der Waals surface area contributed by atoms with Crippen LogP contribution in [0.3, 0.4) is 0 Å². The van der Waals surface area contributed by atoms with Crippen LogP contribution in [0.2, 0.25) is 0 Å². The van der Waals surface area contributed by atoms with Gasteiger partial charge >= 0.3 is 0 Å². The van der Waals surface area contributed by atoms with E-state index in [0.29, 0.717) is 18.9 Å². The van der Waals surface area contributed by atoms with Gasteiger partial charge in [0.05, 0.1) is 24.0 Å². The normalized spacial score (nSPS) is 17.2. The molecule has 128 valence electrons. The molecule has 3 N–H and O–H groups in total. The summed E-state index contributed by atoms with van der Waals surface area (Å²) in [6, 6.07) is 0. The second-order valence-electron chi connectivity index (χ2n) is 6.83. The van der Waals surface area contributed by atoms with Crippen molar-refractivity contribution >= 4 is 11.8 Å². The van der Waals surface area contributed by atoms with E-state index in [1.807, 2.05) is 6.92 Å². The Morgan fingerprint density at radius 1 is 1.39 bits per heavy atom. The molecule has 2 amide bonds. The molecule has 6 heteroatoms. The Kier molecular flexibility index (Phi) is 5.80. The number of aryl methyl sites for hydroxylation is 1. The van der Waals surface area contributed by atoms with Gasteiger partial charge in [-0.05, 0) is 32.1 Å². The lowest BCUT2D eigenvalue weighted by molar-refractivity contribution is -0.126. The molecule has 1 aliphatic carbocycles. The summed E-state index contributed by atoms with van der Waals surface area (Å²) in [5.41, 5.74) is 1.43. The molecule has 1 atom stereocenters. The number of rotatable bonds is 8. The van der Waals surface area contributed by atoms with Crippen LogP contribution in [-0.2, 0) is 16.0 Å². The van der Waals surface area contributed by atoms with Gasteiger partial charge in [0.15, 0.2) is 0 Å². The van der Waals surface area contributed by atoms with Gasteiger partial charge < -0.3 is 15.6 Å². The zero-order chi connectivity index (χ0) is 16.9. The van der Waals surface area contributed by atoms with Crippen LogP contribution >= 0.6 is 0 Å². The number of carbonyl (C=O) groups excluding carboxylic acids is 2. The second kappa shape index (κ2) is 7.62. The average molecular weight is 320 g/mol. The number of imidazole rings is 1. The van der Waals surface area contributed by atoms with Gasteiger partial charge in [0.25, 0.3) is 0 Å². The van der Waals surface area contributed by atoms with E-state index in [0.717, 1.165) is 37.1 Å². The van der Waals surface area contributed by atoms with E-state index in [-0.39, 0.29) is 23.8 Å². The third-order valence-electron chi connectivity index (χ3n) is 4.83. The minimum Gasteiger partial charge on any atom is -0.354 e. The first-order chi connectivity index (χ1) is 10.9. The molecule has 1 saturated carbocycles. The van der Waals surface area contributed by atoms with Crippen molar-refractivity contribution in [1.82, 2.24) is 20.6 Å². The Labute approximate surface area is 137 Å². The smallest absolute Gasteiger partial charge is 0.226 e. The summed E-state index contributed by atoms with van der Waals surface area (Å²) in [5.74, 6) is 0.434. The lowest BCUT2D eigenvalue weighted by Crippen LogP contribution is -2.60. The van der Waals surface area contributed by atoms with Gasteiger partial charge in [-0.3, -0.25) is 9.59 Å². The van der Waals surface area contributed by atoms with Gasteiger partial charge in [-0.25, -0.2) is 4.98 Å². The molecule has 23 heavy (non-hydrogen) atoms. The van der Waals surface area contributed by atoms with Crippen molar-refractivity contribution < 1.29 is 9.59 Å². The number of carbonyl (C=O) groups is 2. The predicted molar refractivity (Wildman–Crippen MR) is 88.8 cm³/mol. The van der Waals surface area contributed by atoms with Crippen molar-refractivity contribution in [1.29, 1.82) is 0 Å². The highest BCUT2D eigenvalue weighted by molar-refractivity contribution is 5.80. The van der Waals surface area contributed by atoms with Crippen LogP contribution in [0.4, 0.5) is 0 Å².